The molecule has 0 aliphatic heterocycles. The molecular formula is C15H11ClN2O3. The van der Waals surface area contributed by atoms with Gasteiger partial charge in [0.1, 0.15) is 5.69 Å². The highest BCUT2D eigenvalue weighted by Crippen LogP contribution is 2.26. The van der Waals surface area contributed by atoms with Gasteiger partial charge in [-0.05, 0) is 30.3 Å². The first-order valence-electron chi connectivity index (χ1n) is 6.17. The number of furan rings is 1. The van der Waals surface area contributed by atoms with Crippen molar-refractivity contribution < 1.29 is 13.9 Å². The Balaban J connectivity index is 2.18. The molecule has 0 radical (unpaired) electrons. The second kappa shape index (κ2) is 5.46. The van der Waals surface area contributed by atoms with Gasteiger partial charge in [0.15, 0.2) is 11.5 Å². The van der Waals surface area contributed by atoms with Gasteiger partial charge in [0.05, 0.1) is 19.1 Å². The standard InChI is InChI=1S/C15H11ClN2O3/c1-20-15(19)12-9-13(14-6-3-7-21-14)18(17-12)11-5-2-4-10(16)8-11/h2-9H,1H3. The van der Waals surface area contributed by atoms with Crippen molar-refractivity contribution in [3.05, 3.63) is 59.4 Å². The highest BCUT2D eigenvalue weighted by molar-refractivity contribution is 6.30. The van der Waals surface area contributed by atoms with E-state index in [9.17, 15) is 4.79 Å². The van der Waals surface area contributed by atoms with Crippen molar-refractivity contribution in [1.82, 2.24) is 9.78 Å². The summed E-state index contributed by atoms with van der Waals surface area (Å²) >= 11 is 6.01. The van der Waals surface area contributed by atoms with Gasteiger partial charge in [0, 0.05) is 11.1 Å². The lowest BCUT2D eigenvalue weighted by Gasteiger charge is -2.05. The van der Waals surface area contributed by atoms with Crippen molar-refractivity contribution >= 4 is 17.6 Å². The zero-order valence-electron chi connectivity index (χ0n) is 11.1. The molecule has 2 aromatic heterocycles. The summed E-state index contributed by atoms with van der Waals surface area (Å²) in [5.41, 5.74) is 1.57. The Morgan fingerprint density at radius 1 is 1.29 bits per heavy atom. The minimum Gasteiger partial charge on any atom is -0.464 e. The Labute approximate surface area is 125 Å². The molecule has 0 amide bonds. The predicted molar refractivity (Wildman–Crippen MR) is 77.6 cm³/mol. The molecule has 0 N–H and O–H groups in total. The van der Waals surface area contributed by atoms with Crippen LogP contribution in [-0.4, -0.2) is 22.9 Å². The van der Waals surface area contributed by atoms with Crippen LogP contribution < -0.4 is 0 Å². The third-order valence-corrected chi connectivity index (χ3v) is 3.17. The van der Waals surface area contributed by atoms with E-state index >= 15 is 0 Å². The number of hydrogen-bond acceptors (Lipinski definition) is 4. The van der Waals surface area contributed by atoms with Crippen LogP contribution in [0.25, 0.3) is 17.1 Å². The predicted octanol–water partition coefficient (Wildman–Crippen LogP) is 3.57. The molecule has 3 rings (SSSR count). The summed E-state index contributed by atoms with van der Waals surface area (Å²) in [6.07, 6.45) is 1.56. The third kappa shape index (κ3) is 2.55. The highest BCUT2D eigenvalue weighted by atomic mass is 35.5. The number of halogens is 1. The van der Waals surface area contributed by atoms with Crippen LogP contribution in [-0.2, 0) is 4.74 Å². The van der Waals surface area contributed by atoms with Crippen molar-refractivity contribution in [2.75, 3.05) is 7.11 Å². The minimum absolute atomic E-state index is 0.198. The van der Waals surface area contributed by atoms with Gasteiger partial charge in [-0.2, -0.15) is 5.10 Å². The summed E-state index contributed by atoms with van der Waals surface area (Å²) in [4.78, 5) is 11.7. The van der Waals surface area contributed by atoms with Crippen LogP contribution in [0.3, 0.4) is 0 Å². The Bertz CT molecular complexity index is 778. The lowest BCUT2D eigenvalue weighted by Crippen LogP contribution is -2.04. The minimum atomic E-state index is -0.511. The van der Waals surface area contributed by atoms with Gasteiger partial charge in [-0.3, -0.25) is 0 Å². The van der Waals surface area contributed by atoms with E-state index in [-0.39, 0.29) is 5.69 Å². The molecule has 6 heteroatoms. The fourth-order valence-electron chi connectivity index (χ4n) is 1.99. The van der Waals surface area contributed by atoms with Crippen LogP contribution in [0.15, 0.2) is 53.1 Å². The number of esters is 1. The summed E-state index contributed by atoms with van der Waals surface area (Å²) in [7, 11) is 1.31. The molecule has 1 aromatic carbocycles. The number of benzene rings is 1. The molecule has 106 valence electrons. The van der Waals surface area contributed by atoms with Crippen LogP contribution in [0.1, 0.15) is 10.5 Å². The van der Waals surface area contributed by atoms with Gasteiger partial charge in [-0.25, -0.2) is 9.48 Å². The number of hydrogen-bond donors (Lipinski definition) is 0. The molecule has 0 bridgehead atoms. The molecule has 0 aliphatic carbocycles. The number of carbonyl (C=O) groups excluding carboxylic acids is 1. The molecule has 2 heterocycles. The van der Waals surface area contributed by atoms with Crippen LogP contribution >= 0.6 is 11.6 Å². The maximum absolute atomic E-state index is 11.7. The smallest absolute Gasteiger partial charge is 0.358 e. The van der Waals surface area contributed by atoms with E-state index in [4.69, 9.17) is 20.8 Å². The average Bonchev–Trinajstić information content (AvgIpc) is 3.15. The maximum atomic E-state index is 11.7. The molecule has 5 nitrogen and oxygen atoms in total. The maximum Gasteiger partial charge on any atom is 0.358 e. The monoisotopic (exact) mass is 302 g/mol. The van der Waals surface area contributed by atoms with Crippen LogP contribution in [0.2, 0.25) is 5.02 Å². The Hall–Kier alpha value is -2.53. The van der Waals surface area contributed by atoms with Crippen molar-refractivity contribution in [2.24, 2.45) is 0 Å². The number of rotatable bonds is 3. The van der Waals surface area contributed by atoms with Crippen molar-refractivity contribution in [2.45, 2.75) is 0 Å². The molecule has 0 fully saturated rings. The highest BCUT2D eigenvalue weighted by Gasteiger charge is 2.18. The average molecular weight is 303 g/mol. The Kier molecular flexibility index (Phi) is 3.50. The third-order valence-electron chi connectivity index (χ3n) is 2.93. The zero-order valence-corrected chi connectivity index (χ0v) is 11.9. The second-order valence-corrected chi connectivity index (χ2v) is 4.71. The summed E-state index contributed by atoms with van der Waals surface area (Å²) in [6, 6.07) is 12.3. The van der Waals surface area contributed by atoms with E-state index < -0.39 is 5.97 Å². The summed E-state index contributed by atoms with van der Waals surface area (Å²) in [5.74, 6) is 0.0845. The van der Waals surface area contributed by atoms with Gasteiger partial charge in [0.25, 0.3) is 0 Å². The Morgan fingerprint density at radius 2 is 2.14 bits per heavy atom. The van der Waals surface area contributed by atoms with Crippen molar-refractivity contribution in [3.63, 3.8) is 0 Å². The molecule has 21 heavy (non-hydrogen) atoms. The fraction of sp³-hybridized carbons (Fsp3) is 0.0667. The molecule has 3 aromatic rings. The molecule has 0 spiro atoms. The van der Waals surface area contributed by atoms with Gasteiger partial charge in [0.2, 0.25) is 0 Å². The topological polar surface area (TPSA) is 57.3 Å². The van der Waals surface area contributed by atoms with Gasteiger partial charge >= 0.3 is 5.97 Å². The molecular weight excluding hydrogens is 292 g/mol. The van der Waals surface area contributed by atoms with E-state index in [0.717, 1.165) is 5.69 Å². The van der Waals surface area contributed by atoms with E-state index in [0.29, 0.717) is 16.5 Å². The van der Waals surface area contributed by atoms with E-state index in [1.54, 1.807) is 41.3 Å². The lowest BCUT2D eigenvalue weighted by atomic mass is 10.2. The number of aromatic nitrogens is 2. The van der Waals surface area contributed by atoms with E-state index in [1.165, 1.54) is 7.11 Å². The van der Waals surface area contributed by atoms with Gasteiger partial charge in [-0.1, -0.05) is 17.7 Å². The largest absolute Gasteiger partial charge is 0.464 e. The van der Waals surface area contributed by atoms with E-state index in [2.05, 4.69) is 5.10 Å². The van der Waals surface area contributed by atoms with Crippen LogP contribution in [0.5, 0.6) is 0 Å². The molecule has 0 atom stereocenters. The van der Waals surface area contributed by atoms with Crippen LogP contribution in [0.4, 0.5) is 0 Å². The molecule has 0 unspecified atom stereocenters. The SMILES string of the molecule is COC(=O)c1cc(-c2ccco2)n(-c2cccc(Cl)c2)n1. The molecule has 0 aliphatic rings. The lowest BCUT2D eigenvalue weighted by molar-refractivity contribution is 0.0593. The summed E-state index contributed by atoms with van der Waals surface area (Å²) in [6.45, 7) is 0. The van der Waals surface area contributed by atoms with Gasteiger partial charge < -0.3 is 9.15 Å². The summed E-state index contributed by atoms with van der Waals surface area (Å²) < 4.78 is 11.7. The number of nitrogens with zero attached hydrogens (tertiary/aromatic N) is 2. The Morgan fingerprint density at radius 3 is 2.81 bits per heavy atom. The molecule has 0 saturated carbocycles. The zero-order chi connectivity index (χ0) is 14.8. The second-order valence-electron chi connectivity index (χ2n) is 4.28. The summed E-state index contributed by atoms with van der Waals surface area (Å²) in [5, 5.41) is 4.85. The molecule has 0 saturated heterocycles. The van der Waals surface area contributed by atoms with Crippen LogP contribution in [0, 0.1) is 0 Å². The van der Waals surface area contributed by atoms with Gasteiger partial charge in [-0.15, -0.1) is 0 Å². The number of ether oxygens (including phenoxy) is 1. The first-order chi connectivity index (χ1) is 10.2. The number of carbonyl (C=O) groups is 1. The van der Waals surface area contributed by atoms with Crippen molar-refractivity contribution in [1.29, 1.82) is 0 Å². The first kappa shape index (κ1) is 13.5. The first-order valence-corrected chi connectivity index (χ1v) is 6.55. The van der Waals surface area contributed by atoms with Crippen molar-refractivity contribution in [3.8, 4) is 17.1 Å². The normalized spacial score (nSPS) is 10.6. The fourth-order valence-corrected chi connectivity index (χ4v) is 2.17. The number of methoxy groups -OCH3 is 1. The van der Waals surface area contributed by atoms with E-state index in [1.807, 2.05) is 12.1 Å². The quantitative estimate of drug-likeness (QED) is 0.694.